The molecule has 0 saturated carbocycles. The number of hydrogen-bond acceptors (Lipinski definition) is 7. The third-order valence-electron chi connectivity index (χ3n) is 3.40. The van der Waals surface area contributed by atoms with E-state index in [1.54, 1.807) is 19.9 Å². The zero-order chi connectivity index (χ0) is 18.0. The normalized spacial score (nSPS) is 12.2. The van der Waals surface area contributed by atoms with Gasteiger partial charge in [-0.15, -0.1) is 10.2 Å². The van der Waals surface area contributed by atoms with Crippen LogP contribution in [0.25, 0.3) is 11.5 Å². The van der Waals surface area contributed by atoms with Crippen molar-refractivity contribution in [1.29, 1.82) is 0 Å². The summed E-state index contributed by atoms with van der Waals surface area (Å²) < 4.78 is 10.6. The number of aromatic nitrogens is 3. The molecule has 7 nitrogen and oxygen atoms in total. The summed E-state index contributed by atoms with van der Waals surface area (Å²) in [4.78, 5) is 12.2. The Bertz CT molecular complexity index is 883. The summed E-state index contributed by atoms with van der Waals surface area (Å²) in [5.41, 5.74) is 3.11. The molecular weight excluding hydrogens is 340 g/mol. The van der Waals surface area contributed by atoms with Crippen molar-refractivity contribution in [1.82, 2.24) is 15.4 Å². The zero-order valence-electron chi connectivity index (χ0n) is 14.4. The maximum atomic E-state index is 12.2. The van der Waals surface area contributed by atoms with Crippen molar-refractivity contribution in [3.05, 3.63) is 41.2 Å². The first-order valence-electron chi connectivity index (χ1n) is 7.74. The first kappa shape index (κ1) is 17.2. The number of thioether (sulfide) groups is 1. The van der Waals surface area contributed by atoms with Crippen molar-refractivity contribution >= 4 is 23.5 Å². The minimum atomic E-state index is -0.426. The first-order chi connectivity index (χ1) is 11.9. The number of amides is 1. The highest BCUT2D eigenvalue weighted by molar-refractivity contribution is 8.00. The van der Waals surface area contributed by atoms with E-state index in [4.69, 9.17) is 8.94 Å². The summed E-state index contributed by atoms with van der Waals surface area (Å²) in [6.45, 7) is 7.54. The van der Waals surface area contributed by atoms with Crippen LogP contribution in [0.3, 0.4) is 0 Å². The monoisotopic (exact) mass is 358 g/mol. The van der Waals surface area contributed by atoms with Gasteiger partial charge < -0.3 is 14.3 Å². The third kappa shape index (κ3) is 4.27. The number of carbonyl (C=O) groups excluding carboxylic acids is 1. The number of rotatable bonds is 5. The zero-order valence-corrected chi connectivity index (χ0v) is 15.2. The minimum absolute atomic E-state index is 0.218. The largest absolute Gasteiger partial charge is 0.411 e. The van der Waals surface area contributed by atoms with E-state index in [-0.39, 0.29) is 5.91 Å². The molecule has 0 spiro atoms. The van der Waals surface area contributed by atoms with Crippen LogP contribution < -0.4 is 5.32 Å². The Kier molecular flexibility index (Phi) is 4.89. The van der Waals surface area contributed by atoms with Crippen LogP contribution in [0.15, 0.2) is 38.4 Å². The summed E-state index contributed by atoms with van der Waals surface area (Å²) in [7, 11) is 0. The maximum absolute atomic E-state index is 12.2. The SMILES string of the molecule is Cc1cc(C)cc(-c2nnc(SC(C)C(=O)Nc3cc(C)on3)o2)c1. The van der Waals surface area contributed by atoms with Crippen LogP contribution in [0.1, 0.15) is 23.8 Å². The summed E-state index contributed by atoms with van der Waals surface area (Å²) in [6, 6.07) is 7.70. The van der Waals surface area contributed by atoms with E-state index in [0.29, 0.717) is 22.7 Å². The Morgan fingerprint density at radius 1 is 1.12 bits per heavy atom. The summed E-state index contributed by atoms with van der Waals surface area (Å²) in [5, 5.41) is 14.4. The second-order valence-electron chi connectivity index (χ2n) is 5.82. The molecule has 2 aromatic heterocycles. The van der Waals surface area contributed by atoms with Gasteiger partial charge >= 0.3 is 0 Å². The molecule has 1 unspecified atom stereocenters. The molecule has 2 heterocycles. The molecular formula is C17H18N4O3S. The lowest BCUT2D eigenvalue weighted by molar-refractivity contribution is -0.115. The van der Waals surface area contributed by atoms with Gasteiger partial charge in [0.15, 0.2) is 5.82 Å². The molecule has 1 aromatic carbocycles. The van der Waals surface area contributed by atoms with Crippen molar-refractivity contribution in [3.8, 4) is 11.5 Å². The molecule has 0 aliphatic rings. The van der Waals surface area contributed by atoms with Crippen molar-refractivity contribution < 1.29 is 13.7 Å². The van der Waals surface area contributed by atoms with Gasteiger partial charge in [-0.25, -0.2) is 0 Å². The maximum Gasteiger partial charge on any atom is 0.277 e. The summed E-state index contributed by atoms with van der Waals surface area (Å²) in [5.74, 6) is 1.24. The van der Waals surface area contributed by atoms with Crippen LogP contribution in [0.5, 0.6) is 0 Å². The highest BCUT2D eigenvalue weighted by atomic mass is 32.2. The molecule has 0 fully saturated rings. The predicted octanol–water partition coefficient (Wildman–Crippen LogP) is 3.77. The van der Waals surface area contributed by atoms with E-state index in [2.05, 4.69) is 26.7 Å². The quantitative estimate of drug-likeness (QED) is 0.694. The van der Waals surface area contributed by atoms with Gasteiger partial charge in [-0.05, 0) is 39.8 Å². The molecule has 0 saturated heterocycles. The van der Waals surface area contributed by atoms with E-state index >= 15 is 0 Å². The lowest BCUT2D eigenvalue weighted by Crippen LogP contribution is -2.22. The number of nitrogens with zero attached hydrogens (tertiary/aromatic N) is 3. The van der Waals surface area contributed by atoms with Gasteiger partial charge in [0.05, 0.1) is 5.25 Å². The Labute approximate surface area is 149 Å². The second-order valence-corrected chi connectivity index (χ2v) is 7.11. The number of carbonyl (C=O) groups is 1. The fourth-order valence-corrected chi connectivity index (χ4v) is 3.01. The highest BCUT2D eigenvalue weighted by Gasteiger charge is 2.20. The Balaban J connectivity index is 1.67. The van der Waals surface area contributed by atoms with E-state index in [9.17, 15) is 4.79 Å². The van der Waals surface area contributed by atoms with Gasteiger partial charge in [0, 0.05) is 11.6 Å². The summed E-state index contributed by atoms with van der Waals surface area (Å²) in [6.07, 6.45) is 0. The highest BCUT2D eigenvalue weighted by Crippen LogP contribution is 2.27. The summed E-state index contributed by atoms with van der Waals surface area (Å²) >= 11 is 1.19. The number of aryl methyl sites for hydroxylation is 3. The van der Waals surface area contributed by atoms with Gasteiger partial charge in [-0.1, -0.05) is 34.1 Å². The van der Waals surface area contributed by atoms with Crippen molar-refractivity contribution in [2.45, 2.75) is 38.2 Å². The van der Waals surface area contributed by atoms with E-state index in [1.807, 2.05) is 26.0 Å². The Hall–Kier alpha value is -2.61. The minimum Gasteiger partial charge on any atom is -0.411 e. The van der Waals surface area contributed by atoms with Crippen molar-refractivity contribution in [2.24, 2.45) is 0 Å². The third-order valence-corrected chi connectivity index (χ3v) is 4.34. The Morgan fingerprint density at radius 2 is 1.84 bits per heavy atom. The predicted molar refractivity (Wildman–Crippen MR) is 94.4 cm³/mol. The molecule has 1 amide bonds. The molecule has 8 heteroatoms. The lowest BCUT2D eigenvalue weighted by atomic mass is 10.1. The van der Waals surface area contributed by atoms with E-state index in [0.717, 1.165) is 16.7 Å². The average molecular weight is 358 g/mol. The van der Waals surface area contributed by atoms with Crippen LogP contribution in [0.2, 0.25) is 0 Å². The average Bonchev–Trinajstić information content (AvgIpc) is 3.15. The molecule has 1 atom stereocenters. The number of anilines is 1. The van der Waals surface area contributed by atoms with Gasteiger partial charge in [0.1, 0.15) is 5.76 Å². The van der Waals surface area contributed by atoms with E-state index < -0.39 is 5.25 Å². The number of benzene rings is 1. The molecule has 3 rings (SSSR count). The van der Waals surface area contributed by atoms with Crippen LogP contribution in [0.4, 0.5) is 5.82 Å². The molecule has 1 N–H and O–H groups in total. The second kappa shape index (κ2) is 7.10. The Morgan fingerprint density at radius 3 is 2.48 bits per heavy atom. The van der Waals surface area contributed by atoms with Crippen LogP contribution in [-0.2, 0) is 4.79 Å². The van der Waals surface area contributed by atoms with Crippen molar-refractivity contribution in [3.63, 3.8) is 0 Å². The molecule has 0 bridgehead atoms. The molecule has 0 aliphatic heterocycles. The molecule has 3 aromatic rings. The molecule has 25 heavy (non-hydrogen) atoms. The van der Waals surface area contributed by atoms with Crippen LogP contribution >= 0.6 is 11.8 Å². The first-order valence-corrected chi connectivity index (χ1v) is 8.61. The smallest absolute Gasteiger partial charge is 0.277 e. The fraction of sp³-hybridized carbons (Fsp3) is 0.294. The van der Waals surface area contributed by atoms with E-state index in [1.165, 1.54) is 11.8 Å². The van der Waals surface area contributed by atoms with Gasteiger partial charge in [0.25, 0.3) is 5.22 Å². The van der Waals surface area contributed by atoms with Gasteiger partial charge in [0.2, 0.25) is 11.8 Å². The topological polar surface area (TPSA) is 94.1 Å². The molecule has 0 radical (unpaired) electrons. The molecule has 130 valence electrons. The number of nitrogens with one attached hydrogen (secondary N) is 1. The number of hydrogen-bond donors (Lipinski definition) is 1. The lowest BCUT2D eigenvalue weighted by Gasteiger charge is -2.07. The van der Waals surface area contributed by atoms with Crippen LogP contribution in [0, 0.1) is 20.8 Å². The van der Waals surface area contributed by atoms with Gasteiger partial charge in [-0.2, -0.15) is 0 Å². The van der Waals surface area contributed by atoms with Gasteiger partial charge in [-0.3, -0.25) is 4.79 Å². The standard InChI is InChI=1S/C17H18N4O3S/c1-9-5-10(2)7-13(6-9)16-19-20-17(23-16)25-12(4)15(22)18-14-8-11(3)24-21-14/h5-8,12H,1-4H3,(H,18,21,22). The van der Waals surface area contributed by atoms with Crippen LogP contribution in [-0.4, -0.2) is 26.5 Å². The van der Waals surface area contributed by atoms with Crippen molar-refractivity contribution in [2.75, 3.05) is 5.32 Å². The fourth-order valence-electron chi connectivity index (χ4n) is 2.33. The molecule has 0 aliphatic carbocycles.